The van der Waals surface area contributed by atoms with Gasteiger partial charge >= 0.3 is 0 Å². The van der Waals surface area contributed by atoms with E-state index in [1.807, 2.05) is 24.3 Å². The van der Waals surface area contributed by atoms with E-state index >= 15 is 0 Å². The van der Waals surface area contributed by atoms with E-state index < -0.39 is 0 Å². The van der Waals surface area contributed by atoms with Gasteiger partial charge in [-0.15, -0.1) is 10.2 Å². The number of rotatable bonds is 5. The first-order chi connectivity index (χ1) is 13.3. The first-order valence-electron chi connectivity index (χ1n) is 9.67. The number of carbonyl (C=O) groups excluding carboxylic acids is 1. The van der Waals surface area contributed by atoms with Crippen molar-refractivity contribution in [1.82, 2.24) is 15.1 Å². The van der Waals surface area contributed by atoms with Crippen molar-refractivity contribution in [2.75, 3.05) is 19.4 Å². The molecule has 1 aromatic carbocycles. The second kappa shape index (κ2) is 7.10. The van der Waals surface area contributed by atoms with Crippen LogP contribution in [0.5, 0.6) is 5.75 Å². The summed E-state index contributed by atoms with van der Waals surface area (Å²) in [5.74, 6) is 1.72. The Morgan fingerprint density at radius 2 is 2.00 bits per heavy atom. The maximum absolute atomic E-state index is 12.9. The minimum Gasteiger partial charge on any atom is -0.497 e. The fourth-order valence-corrected chi connectivity index (χ4v) is 5.73. The number of nitrogens with zero attached hydrogens (tertiary/aromatic N) is 3. The summed E-state index contributed by atoms with van der Waals surface area (Å²) < 4.78 is 10.9. The fraction of sp³-hybridized carbons (Fsp3) is 0.571. The Balaban J connectivity index is 1.37. The number of thioether (sulfide) groups is 1. The number of hydrogen-bond donors (Lipinski definition) is 0. The Bertz CT molecular complexity index is 864. The highest BCUT2D eigenvalue weighted by atomic mass is 32.2. The summed E-state index contributed by atoms with van der Waals surface area (Å²) in [7, 11) is 1.63. The minimum atomic E-state index is 0.167. The summed E-state index contributed by atoms with van der Waals surface area (Å²) in [6.07, 6.45) is 3.39. The lowest BCUT2D eigenvalue weighted by Crippen LogP contribution is -2.38. The van der Waals surface area contributed by atoms with Gasteiger partial charge in [0, 0.05) is 18.2 Å². The molecular formula is C21H27N3O3S. The summed E-state index contributed by atoms with van der Waals surface area (Å²) in [4.78, 5) is 14.9. The molecule has 0 unspecified atom stereocenters. The van der Waals surface area contributed by atoms with Crippen LogP contribution in [-0.4, -0.2) is 46.5 Å². The van der Waals surface area contributed by atoms with Crippen molar-refractivity contribution in [3.8, 4) is 17.2 Å². The highest BCUT2D eigenvalue weighted by molar-refractivity contribution is 7.99. The first kappa shape index (κ1) is 19.3. The number of fused-ring (bicyclic) bond motifs is 2. The lowest BCUT2D eigenvalue weighted by molar-refractivity contribution is -0.129. The van der Waals surface area contributed by atoms with Crippen LogP contribution in [0.4, 0.5) is 0 Å². The van der Waals surface area contributed by atoms with Crippen LogP contribution in [0.2, 0.25) is 0 Å². The zero-order valence-electron chi connectivity index (χ0n) is 16.9. The standard InChI is InChI=1S/C21H27N3O3S/c1-20(2)9-15-10-21(3,12-20)13-24(15)17(25)11-28-19-23-22-18(27-19)14-5-7-16(26-4)8-6-14/h5-8,15H,9-13H2,1-4H3/t15-,21+/m1/s1. The number of methoxy groups -OCH3 is 1. The molecule has 28 heavy (non-hydrogen) atoms. The van der Waals surface area contributed by atoms with Gasteiger partial charge in [0.15, 0.2) is 0 Å². The van der Waals surface area contributed by atoms with Crippen molar-refractivity contribution >= 4 is 17.7 Å². The molecule has 0 spiro atoms. The Morgan fingerprint density at radius 3 is 2.71 bits per heavy atom. The fourth-order valence-electron chi connectivity index (χ4n) is 5.08. The molecule has 2 aliphatic rings. The Hall–Kier alpha value is -2.02. The number of hydrogen-bond acceptors (Lipinski definition) is 6. The molecule has 2 aromatic rings. The van der Waals surface area contributed by atoms with Gasteiger partial charge in [0.05, 0.1) is 12.9 Å². The summed E-state index contributed by atoms with van der Waals surface area (Å²) in [6.45, 7) is 7.82. The molecule has 150 valence electrons. The normalized spacial score (nSPS) is 25.7. The lowest BCUT2D eigenvalue weighted by atomic mass is 9.65. The Kier molecular flexibility index (Phi) is 4.89. The van der Waals surface area contributed by atoms with Gasteiger partial charge in [-0.05, 0) is 54.4 Å². The molecule has 7 heteroatoms. The molecule has 1 aromatic heterocycles. The van der Waals surface area contributed by atoms with Gasteiger partial charge < -0.3 is 14.1 Å². The van der Waals surface area contributed by atoms with E-state index in [1.165, 1.54) is 18.2 Å². The van der Waals surface area contributed by atoms with Gasteiger partial charge in [0.2, 0.25) is 11.8 Å². The number of likely N-dealkylation sites (tertiary alicyclic amines) is 1. The maximum Gasteiger partial charge on any atom is 0.277 e. The first-order valence-corrected chi connectivity index (χ1v) is 10.7. The van der Waals surface area contributed by atoms with Crippen molar-refractivity contribution in [2.24, 2.45) is 10.8 Å². The zero-order valence-corrected chi connectivity index (χ0v) is 17.7. The third kappa shape index (κ3) is 3.90. The number of aromatic nitrogens is 2. The van der Waals surface area contributed by atoms with Crippen LogP contribution < -0.4 is 4.74 Å². The average Bonchev–Trinajstić information content (AvgIpc) is 3.21. The molecule has 1 aliphatic heterocycles. The molecular weight excluding hydrogens is 374 g/mol. The van der Waals surface area contributed by atoms with Crippen molar-refractivity contribution in [3.05, 3.63) is 24.3 Å². The van der Waals surface area contributed by atoms with Gasteiger partial charge in [-0.25, -0.2) is 0 Å². The monoisotopic (exact) mass is 401 g/mol. The topological polar surface area (TPSA) is 68.5 Å². The van der Waals surface area contributed by atoms with E-state index in [4.69, 9.17) is 9.15 Å². The lowest BCUT2D eigenvalue weighted by Gasteiger charge is -2.39. The molecule has 0 radical (unpaired) electrons. The molecule has 2 fully saturated rings. The number of amides is 1. The van der Waals surface area contributed by atoms with Gasteiger partial charge in [-0.1, -0.05) is 32.5 Å². The third-order valence-corrected chi connectivity index (χ3v) is 6.60. The van der Waals surface area contributed by atoms with E-state index in [9.17, 15) is 4.79 Å². The smallest absolute Gasteiger partial charge is 0.277 e. The van der Waals surface area contributed by atoms with Crippen molar-refractivity contribution in [2.45, 2.75) is 51.3 Å². The van der Waals surface area contributed by atoms with Crippen molar-refractivity contribution < 1.29 is 13.9 Å². The van der Waals surface area contributed by atoms with Crippen LogP contribution in [0.15, 0.2) is 33.9 Å². The molecule has 0 N–H and O–H groups in total. The van der Waals surface area contributed by atoms with Crippen LogP contribution in [0.25, 0.3) is 11.5 Å². The highest BCUT2D eigenvalue weighted by Gasteiger charge is 2.50. The maximum atomic E-state index is 12.9. The van der Waals surface area contributed by atoms with E-state index in [1.54, 1.807) is 7.11 Å². The third-order valence-electron chi connectivity index (χ3n) is 5.80. The van der Waals surface area contributed by atoms with Gasteiger partial charge in [0.25, 0.3) is 5.22 Å². The molecule has 2 heterocycles. The molecule has 1 saturated carbocycles. The summed E-state index contributed by atoms with van der Waals surface area (Å²) in [5, 5.41) is 8.60. The van der Waals surface area contributed by atoms with Crippen LogP contribution in [0.3, 0.4) is 0 Å². The molecule has 2 atom stereocenters. The molecule has 1 saturated heterocycles. The average molecular weight is 402 g/mol. The predicted octanol–water partition coefficient (Wildman–Crippen LogP) is 4.26. The van der Waals surface area contributed by atoms with Gasteiger partial charge in [-0.2, -0.15) is 0 Å². The van der Waals surface area contributed by atoms with E-state index in [0.29, 0.717) is 28.3 Å². The second-order valence-corrected chi connectivity index (χ2v) is 10.1. The molecule has 4 rings (SSSR count). The molecule has 6 nitrogen and oxygen atoms in total. The Labute approximate surface area is 170 Å². The molecule has 1 aliphatic carbocycles. The highest BCUT2D eigenvalue weighted by Crippen LogP contribution is 2.52. The molecule has 2 bridgehead atoms. The molecule has 1 amide bonds. The minimum absolute atomic E-state index is 0.167. The van der Waals surface area contributed by atoms with E-state index in [2.05, 4.69) is 35.9 Å². The Morgan fingerprint density at radius 1 is 1.25 bits per heavy atom. The van der Waals surface area contributed by atoms with Gasteiger partial charge in [-0.3, -0.25) is 4.79 Å². The van der Waals surface area contributed by atoms with Crippen LogP contribution >= 0.6 is 11.8 Å². The van der Waals surface area contributed by atoms with E-state index in [-0.39, 0.29) is 11.3 Å². The van der Waals surface area contributed by atoms with Crippen molar-refractivity contribution in [3.63, 3.8) is 0 Å². The quantitative estimate of drug-likeness (QED) is 0.697. The predicted molar refractivity (Wildman–Crippen MR) is 108 cm³/mol. The van der Waals surface area contributed by atoms with Crippen LogP contribution in [-0.2, 0) is 4.79 Å². The number of ether oxygens (including phenoxy) is 1. The summed E-state index contributed by atoms with van der Waals surface area (Å²) in [6, 6.07) is 7.81. The van der Waals surface area contributed by atoms with Crippen molar-refractivity contribution in [1.29, 1.82) is 0 Å². The summed E-state index contributed by atoms with van der Waals surface area (Å²) in [5.41, 5.74) is 1.38. The largest absolute Gasteiger partial charge is 0.497 e. The van der Waals surface area contributed by atoms with Gasteiger partial charge in [0.1, 0.15) is 5.75 Å². The van der Waals surface area contributed by atoms with Crippen LogP contribution in [0, 0.1) is 10.8 Å². The number of benzene rings is 1. The summed E-state index contributed by atoms with van der Waals surface area (Å²) >= 11 is 1.32. The van der Waals surface area contributed by atoms with Crippen LogP contribution in [0.1, 0.15) is 40.0 Å². The SMILES string of the molecule is COc1ccc(-c2nnc(SCC(=O)N3C[C@@]4(C)C[C@H]3CC(C)(C)C4)o2)cc1. The number of carbonyl (C=O) groups is 1. The zero-order chi connectivity index (χ0) is 19.9. The van der Waals surface area contributed by atoms with E-state index in [0.717, 1.165) is 30.7 Å². The second-order valence-electron chi connectivity index (χ2n) is 9.13.